The molecule has 1 atom stereocenters. The van der Waals surface area contributed by atoms with Crippen LogP contribution in [0.15, 0.2) is 0 Å². The molecule has 170 valence electrons. The number of alkyl halides is 3. The van der Waals surface area contributed by atoms with Gasteiger partial charge in [0.1, 0.15) is 5.92 Å². The van der Waals surface area contributed by atoms with Gasteiger partial charge in [-0.05, 0) is 6.42 Å². The van der Waals surface area contributed by atoms with Crippen LogP contribution in [-0.4, -0.2) is 49.1 Å². The number of ketones is 1. The van der Waals surface area contributed by atoms with Crippen LogP contribution in [0, 0.1) is 5.92 Å². The Morgan fingerprint density at radius 2 is 1.28 bits per heavy atom. The van der Waals surface area contributed by atoms with Gasteiger partial charge in [-0.1, -0.05) is 84.0 Å². The molecule has 1 fully saturated rings. The molecule has 0 radical (unpaired) electrons. The van der Waals surface area contributed by atoms with E-state index in [1.165, 1.54) is 49.8 Å². The molecule has 1 rings (SSSR count). The van der Waals surface area contributed by atoms with Crippen LogP contribution in [0.3, 0.4) is 0 Å². The minimum absolute atomic E-state index is 0.0219. The zero-order chi connectivity index (χ0) is 21.5. The minimum atomic E-state index is -4.97. The Morgan fingerprint density at radius 3 is 1.72 bits per heavy atom. The SMILES string of the molecule is CCCCCCCCCCCCCCC(C(=O)N1CCOCC1)C(=O)C(F)(F)F. The molecule has 1 heterocycles. The lowest BCUT2D eigenvalue weighted by Crippen LogP contribution is -2.48. The fourth-order valence-corrected chi connectivity index (χ4v) is 3.76. The fourth-order valence-electron chi connectivity index (χ4n) is 3.76. The first-order chi connectivity index (χ1) is 13.9. The summed E-state index contributed by atoms with van der Waals surface area (Å²) < 4.78 is 43.9. The van der Waals surface area contributed by atoms with Gasteiger partial charge in [0.25, 0.3) is 0 Å². The molecule has 0 aromatic heterocycles. The lowest BCUT2D eigenvalue weighted by Gasteiger charge is -2.30. The maximum absolute atomic E-state index is 12.9. The second kappa shape index (κ2) is 14.8. The van der Waals surface area contributed by atoms with E-state index in [-0.39, 0.29) is 19.5 Å². The Labute approximate surface area is 173 Å². The summed E-state index contributed by atoms with van der Waals surface area (Å²) in [5.41, 5.74) is 0. The number of amides is 1. The predicted octanol–water partition coefficient (Wildman–Crippen LogP) is 5.68. The van der Waals surface area contributed by atoms with Gasteiger partial charge in [0.15, 0.2) is 0 Å². The number of carbonyl (C=O) groups is 2. The highest BCUT2D eigenvalue weighted by Crippen LogP contribution is 2.26. The molecule has 4 nitrogen and oxygen atoms in total. The number of rotatable bonds is 15. The van der Waals surface area contributed by atoms with Crippen molar-refractivity contribution in [3.63, 3.8) is 0 Å². The number of halogens is 3. The van der Waals surface area contributed by atoms with Crippen molar-refractivity contribution in [2.75, 3.05) is 26.3 Å². The standard InChI is InChI=1S/C22H38F3NO3/c1-2-3-4-5-6-7-8-9-10-11-12-13-14-19(20(27)22(23,24)25)21(28)26-15-17-29-18-16-26/h19H,2-18H2,1H3. The molecule has 1 saturated heterocycles. The van der Waals surface area contributed by atoms with E-state index < -0.39 is 23.8 Å². The number of Topliss-reactive ketones (excluding diaryl/α,β-unsaturated/α-hetero) is 1. The molecular weight excluding hydrogens is 383 g/mol. The molecule has 0 saturated carbocycles. The maximum Gasteiger partial charge on any atom is 0.450 e. The lowest BCUT2D eigenvalue weighted by molar-refractivity contribution is -0.179. The van der Waals surface area contributed by atoms with Gasteiger partial charge < -0.3 is 9.64 Å². The summed E-state index contributed by atoms with van der Waals surface area (Å²) in [7, 11) is 0. The predicted molar refractivity (Wildman–Crippen MR) is 108 cm³/mol. The number of hydrogen-bond donors (Lipinski definition) is 0. The Balaban J connectivity index is 2.25. The molecular formula is C22H38F3NO3. The van der Waals surface area contributed by atoms with Crippen molar-refractivity contribution >= 4 is 11.7 Å². The van der Waals surface area contributed by atoms with Gasteiger partial charge >= 0.3 is 6.18 Å². The van der Waals surface area contributed by atoms with Crippen LogP contribution in [-0.2, 0) is 14.3 Å². The molecule has 0 aromatic rings. The molecule has 0 bridgehead atoms. The van der Waals surface area contributed by atoms with Gasteiger partial charge in [-0.3, -0.25) is 9.59 Å². The van der Waals surface area contributed by atoms with E-state index in [4.69, 9.17) is 4.74 Å². The number of hydrogen-bond acceptors (Lipinski definition) is 3. The van der Waals surface area contributed by atoms with Crippen molar-refractivity contribution in [3.8, 4) is 0 Å². The first kappa shape index (κ1) is 25.9. The lowest BCUT2D eigenvalue weighted by atomic mass is 9.94. The van der Waals surface area contributed by atoms with E-state index in [2.05, 4.69) is 6.92 Å². The normalized spacial score (nSPS) is 16.1. The van der Waals surface area contributed by atoms with Gasteiger partial charge in [-0.2, -0.15) is 13.2 Å². The number of nitrogens with zero attached hydrogens (tertiary/aromatic N) is 1. The van der Waals surface area contributed by atoms with Crippen molar-refractivity contribution in [3.05, 3.63) is 0 Å². The topological polar surface area (TPSA) is 46.6 Å². The van der Waals surface area contributed by atoms with E-state index in [0.29, 0.717) is 19.6 Å². The Hall–Kier alpha value is -1.11. The van der Waals surface area contributed by atoms with Crippen molar-refractivity contribution in [1.82, 2.24) is 4.90 Å². The molecule has 29 heavy (non-hydrogen) atoms. The fraction of sp³-hybridized carbons (Fsp3) is 0.909. The average Bonchev–Trinajstić information content (AvgIpc) is 2.70. The Morgan fingerprint density at radius 1 is 0.828 bits per heavy atom. The number of ether oxygens (including phenoxy) is 1. The summed E-state index contributed by atoms with van der Waals surface area (Å²) in [4.78, 5) is 25.6. The van der Waals surface area contributed by atoms with E-state index in [0.717, 1.165) is 25.7 Å². The van der Waals surface area contributed by atoms with Crippen molar-refractivity contribution < 1.29 is 27.5 Å². The molecule has 0 aromatic carbocycles. The van der Waals surface area contributed by atoms with Gasteiger partial charge in [0, 0.05) is 13.1 Å². The molecule has 0 spiro atoms. The highest BCUT2D eigenvalue weighted by atomic mass is 19.4. The average molecular weight is 422 g/mol. The van der Waals surface area contributed by atoms with Crippen molar-refractivity contribution in [2.45, 2.75) is 96.6 Å². The van der Waals surface area contributed by atoms with Gasteiger partial charge in [-0.25, -0.2) is 0 Å². The molecule has 0 N–H and O–H groups in total. The van der Waals surface area contributed by atoms with Crippen LogP contribution in [0.5, 0.6) is 0 Å². The van der Waals surface area contributed by atoms with Gasteiger partial charge in [-0.15, -0.1) is 0 Å². The summed E-state index contributed by atoms with van der Waals surface area (Å²) >= 11 is 0. The third-order valence-electron chi connectivity index (χ3n) is 5.56. The molecule has 1 amide bonds. The molecule has 1 aliphatic rings. The monoisotopic (exact) mass is 421 g/mol. The van der Waals surface area contributed by atoms with E-state index in [9.17, 15) is 22.8 Å². The van der Waals surface area contributed by atoms with Crippen LogP contribution in [0.4, 0.5) is 13.2 Å². The second-order valence-electron chi connectivity index (χ2n) is 8.03. The van der Waals surface area contributed by atoms with E-state index in [1.54, 1.807) is 0 Å². The summed E-state index contributed by atoms with van der Waals surface area (Å²) in [5, 5.41) is 0. The van der Waals surface area contributed by atoms with E-state index >= 15 is 0 Å². The highest BCUT2D eigenvalue weighted by Gasteiger charge is 2.46. The number of carbonyl (C=O) groups excluding carboxylic acids is 2. The largest absolute Gasteiger partial charge is 0.450 e. The smallest absolute Gasteiger partial charge is 0.378 e. The molecule has 1 aliphatic heterocycles. The van der Waals surface area contributed by atoms with E-state index in [1.807, 2.05) is 0 Å². The van der Waals surface area contributed by atoms with Crippen LogP contribution in [0.1, 0.15) is 90.4 Å². The summed E-state index contributed by atoms with van der Waals surface area (Å²) in [5.74, 6) is -4.20. The number of morpholine rings is 1. The molecule has 7 heteroatoms. The Kier molecular flexibility index (Phi) is 13.2. The van der Waals surface area contributed by atoms with Crippen molar-refractivity contribution in [2.24, 2.45) is 5.92 Å². The summed E-state index contributed by atoms with van der Waals surface area (Å²) in [6.45, 7) is 3.31. The zero-order valence-electron chi connectivity index (χ0n) is 17.9. The first-order valence-corrected chi connectivity index (χ1v) is 11.4. The van der Waals surface area contributed by atoms with Crippen LogP contribution in [0.25, 0.3) is 0 Å². The summed E-state index contributed by atoms with van der Waals surface area (Å²) in [6, 6.07) is 0. The third-order valence-corrected chi connectivity index (χ3v) is 5.56. The second-order valence-corrected chi connectivity index (χ2v) is 8.03. The quantitative estimate of drug-likeness (QED) is 0.252. The Bertz CT molecular complexity index is 463. The molecule has 0 aliphatic carbocycles. The third kappa shape index (κ3) is 11.0. The highest BCUT2D eigenvalue weighted by molar-refractivity contribution is 6.03. The number of unbranched alkanes of at least 4 members (excludes halogenated alkanes) is 11. The van der Waals surface area contributed by atoms with Crippen LogP contribution < -0.4 is 0 Å². The van der Waals surface area contributed by atoms with Gasteiger partial charge in [0.2, 0.25) is 11.7 Å². The van der Waals surface area contributed by atoms with Crippen LogP contribution >= 0.6 is 0 Å². The maximum atomic E-state index is 12.9. The zero-order valence-corrected chi connectivity index (χ0v) is 17.9. The minimum Gasteiger partial charge on any atom is -0.378 e. The van der Waals surface area contributed by atoms with Gasteiger partial charge in [0.05, 0.1) is 13.2 Å². The summed E-state index contributed by atoms with van der Waals surface area (Å²) in [6.07, 6.45) is 8.31. The molecule has 1 unspecified atom stereocenters. The van der Waals surface area contributed by atoms with Crippen LogP contribution in [0.2, 0.25) is 0 Å². The first-order valence-electron chi connectivity index (χ1n) is 11.4. The van der Waals surface area contributed by atoms with Crippen molar-refractivity contribution in [1.29, 1.82) is 0 Å².